The zero-order valence-electron chi connectivity index (χ0n) is 11.2. The Bertz CT molecular complexity index is 590. The van der Waals surface area contributed by atoms with Crippen molar-refractivity contribution in [2.24, 2.45) is 5.73 Å². The van der Waals surface area contributed by atoms with Gasteiger partial charge in [0.1, 0.15) is 0 Å². The first-order valence-electron chi connectivity index (χ1n) is 6.17. The second kappa shape index (κ2) is 5.77. The minimum absolute atomic E-state index is 0.197. The molecule has 0 fully saturated rings. The standard InChI is InChI=1S/C14H17Br2N3/c1-8(2)19-14(12(16)7-18-19)13(17)10-5-4-6-11(15)9(10)3/h4-8,13H,17H2,1-3H3. The van der Waals surface area contributed by atoms with Crippen LogP contribution in [-0.4, -0.2) is 9.78 Å². The molecule has 0 spiro atoms. The van der Waals surface area contributed by atoms with E-state index in [1.165, 1.54) is 5.56 Å². The summed E-state index contributed by atoms with van der Waals surface area (Å²) in [6, 6.07) is 6.18. The van der Waals surface area contributed by atoms with Crippen LogP contribution in [0.2, 0.25) is 0 Å². The lowest BCUT2D eigenvalue weighted by Gasteiger charge is -2.20. The minimum atomic E-state index is -0.197. The van der Waals surface area contributed by atoms with Gasteiger partial charge in [0.05, 0.1) is 22.4 Å². The Balaban J connectivity index is 2.53. The molecule has 0 aliphatic carbocycles. The van der Waals surface area contributed by atoms with E-state index in [1.54, 1.807) is 0 Å². The molecule has 2 aromatic rings. The van der Waals surface area contributed by atoms with Crippen LogP contribution in [0.1, 0.15) is 42.8 Å². The number of nitrogens with zero attached hydrogens (tertiary/aromatic N) is 2. The predicted octanol–water partition coefficient (Wildman–Crippen LogP) is 4.35. The summed E-state index contributed by atoms with van der Waals surface area (Å²) in [5.41, 5.74) is 9.74. The molecule has 0 saturated heterocycles. The van der Waals surface area contributed by atoms with Gasteiger partial charge < -0.3 is 5.73 Å². The van der Waals surface area contributed by atoms with Crippen LogP contribution in [0.3, 0.4) is 0 Å². The summed E-state index contributed by atoms with van der Waals surface area (Å²) in [5, 5.41) is 4.39. The number of aromatic nitrogens is 2. The van der Waals surface area contributed by atoms with E-state index in [1.807, 2.05) is 23.0 Å². The van der Waals surface area contributed by atoms with Crippen molar-refractivity contribution < 1.29 is 0 Å². The van der Waals surface area contributed by atoms with Gasteiger partial charge in [-0.3, -0.25) is 4.68 Å². The molecule has 1 unspecified atom stereocenters. The summed E-state index contributed by atoms with van der Waals surface area (Å²) in [4.78, 5) is 0. The summed E-state index contributed by atoms with van der Waals surface area (Å²) >= 11 is 7.11. The van der Waals surface area contributed by atoms with Crippen LogP contribution in [0.5, 0.6) is 0 Å². The van der Waals surface area contributed by atoms with Gasteiger partial charge in [0, 0.05) is 10.5 Å². The van der Waals surface area contributed by atoms with Gasteiger partial charge in [-0.15, -0.1) is 0 Å². The molecule has 1 aromatic carbocycles. The molecule has 19 heavy (non-hydrogen) atoms. The average Bonchev–Trinajstić information content (AvgIpc) is 2.74. The van der Waals surface area contributed by atoms with Crippen molar-refractivity contribution in [2.45, 2.75) is 32.9 Å². The number of hydrogen-bond acceptors (Lipinski definition) is 2. The van der Waals surface area contributed by atoms with E-state index >= 15 is 0 Å². The van der Waals surface area contributed by atoms with Crippen molar-refractivity contribution in [3.05, 3.63) is 50.2 Å². The quantitative estimate of drug-likeness (QED) is 0.852. The summed E-state index contributed by atoms with van der Waals surface area (Å²) < 4.78 is 4.00. The van der Waals surface area contributed by atoms with Gasteiger partial charge in [0.25, 0.3) is 0 Å². The van der Waals surface area contributed by atoms with E-state index < -0.39 is 0 Å². The van der Waals surface area contributed by atoms with E-state index in [0.717, 1.165) is 20.2 Å². The first-order valence-corrected chi connectivity index (χ1v) is 7.75. The Labute approximate surface area is 130 Å². The molecule has 0 radical (unpaired) electrons. The van der Waals surface area contributed by atoms with Gasteiger partial charge >= 0.3 is 0 Å². The number of rotatable bonds is 3. The minimum Gasteiger partial charge on any atom is -0.319 e. The Morgan fingerprint density at radius 2 is 1.89 bits per heavy atom. The lowest BCUT2D eigenvalue weighted by Crippen LogP contribution is -2.20. The zero-order valence-corrected chi connectivity index (χ0v) is 14.4. The molecule has 0 saturated carbocycles. The van der Waals surface area contributed by atoms with Crippen LogP contribution in [0, 0.1) is 6.92 Å². The maximum atomic E-state index is 6.46. The molecule has 3 nitrogen and oxygen atoms in total. The van der Waals surface area contributed by atoms with Crippen LogP contribution in [0.4, 0.5) is 0 Å². The SMILES string of the molecule is Cc1c(Br)cccc1C(N)c1c(Br)cnn1C(C)C. The van der Waals surface area contributed by atoms with Gasteiger partial charge in [0.15, 0.2) is 0 Å². The van der Waals surface area contributed by atoms with Crippen LogP contribution in [-0.2, 0) is 0 Å². The molecule has 2 N–H and O–H groups in total. The van der Waals surface area contributed by atoms with Crippen molar-refractivity contribution in [1.29, 1.82) is 0 Å². The lowest BCUT2D eigenvalue weighted by atomic mass is 9.99. The molecule has 102 valence electrons. The van der Waals surface area contributed by atoms with Gasteiger partial charge in [-0.25, -0.2) is 0 Å². The maximum absolute atomic E-state index is 6.46. The highest BCUT2D eigenvalue weighted by Gasteiger charge is 2.21. The molecule has 5 heteroatoms. The summed E-state index contributed by atoms with van der Waals surface area (Å²) in [6.45, 7) is 6.27. The van der Waals surface area contributed by atoms with Gasteiger partial charge in [0.2, 0.25) is 0 Å². The third kappa shape index (κ3) is 2.78. The molecular formula is C14H17Br2N3. The highest BCUT2D eigenvalue weighted by Crippen LogP contribution is 2.32. The fraction of sp³-hybridized carbons (Fsp3) is 0.357. The van der Waals surface area contributed by atoms with Crippen LogP contribution in [0.25, 0.3) is 0 Å². The molecular weight excluding hydrogens is 370 g/mol. The average molecular weight is 387 g/mol. The van der Waals surface area contributed by atoms with Gasteiger partial charge in [-0.05, 0) is 53.9 Å². The monoisotopic (exact) mass is 385 g/mol. The largest absolute Gasteiger partial charge is 0.319 e. The number of hydrogen-bond donors (Lipinski definition) is 1. The van der Waals surface area contributed by atoms with Crippen LogP contribution >= 0.6 is 31.9 Å². The molecule has 1 heterocycles. The number of benzene rings is 1. The van der Waals surface area contributed by atoms with E-state index in [2.05, 4.69) is 63.8 Å². The predicted molar refractivity (Wildman–Crippen MR) is 85.2 cm³/mol. The highest BCUT2D eigenvalue weighted by atomic mass is 79.9. The van der Waals surface area contributed by atoms with E-state index in [4.69, 9.17) is 5.73 Å². The van der Waals surface area contributed by atoms with Gasteiger partial charge in [-0.2, -0.15) is 5.10 Å². The molecule has 0 aliphatic heterocycles. The second-order valence-electron chi connectivity index (χ2n) is 4.85. The van der Waals surface area contributed by atoms with E-state index in [-0.39, 0.29) is 12.1 Å². The van der Waals surface area contributed by atoms with Crippen LogP contribution in [0.15, 0.2) is 33.3 Å². The highest BCUT2D eigenvalue weighted by molar-refractivity contribution is 9.10. The number of halogens is 2. The maximum Gasteiger partial charge on any atom is 0.0742 e. The Kier molecular flexibility index (Phi) is 4.48. The first-order chi connectivity index (χ1) is 8.93. The molecule has 1 atom stereocenters. The second-order valence-corrected chi connectivity index (χ2v) is 6.56. The van der Waals surface area contributed by atoms with Crippen molar-refractivity contribution in [3.63, 3.8) is 0 Å². The molecule has 0 aliphatic rings. The normalized spacial score (nSPS) is 13.0. The molecule has 0 bridgehead atoms. The molecule has 1 aromatic heterocycles. The first kappa shape index (κ1) is 14.8. The third-order valence-corrected chi connectivity index (χ3v) is 4.69. The van der Waals surface area contributed by atoms with Crippen molar-refractivity contribution in [1.82, 2.24) is 9.78 Å². The summed E-state index contributed by atoms with van der Waals surface area (Å²) in [5.74, 6) is 0. The van der Waals surface area contributed by atoms with Crippen molar-refractivity contribution >= 4 is 31.9 Å². The lowest BCUT2D eigenvalue weighted by molar-refractivity contribution is 0.498. The van der Waals surface area contributed by atoms with Gasteiger partial charge in [-0.1, -0.05) is 28.1 Å². The Hall–Kier alpha value is -0.650. The smallest absolute Gasteiger partial charge is 0.0742 e. The van der Waals surface area contributed by atoms with E-state index in [0.29, 0.717) is 0 Å². The van der Waals surface area contributed by atoms with Crippen LogP contribution < -0.4 is 5.73 Å². The van der Waals surface area contributed by atoms with Crippen molar-refractivity contribution in [2.75, 3.05) is 0 Å². The van der Waals surface area contributed by atoms with Crippen molar-refractivity contribution in [3.8, 4) is 0 Å². The third-order valence-electron chi connectivity index (χ3n) is 3.22. The Morgan fingerprint density at radius 3 is 2.53 bits per heavy atom. The van der Waals surface area contributed by atoms with E-state index in [9.17, 15) is 0 Å². The topological polar surface area (TPSA) is 43.8 Å². The Morgan fingerprint density at radius 1 is 1.21 bits per heavy atom. The molecule has 2 rings (SSSR count). The zero-order chi connectivity index (χ0) is 14.2. The fourth-order valence-corrected chi connectivity index (χ4v) is 3.06. The summed E-state index contributed by atoms with van der Waals surface area (Å²) in [6.07, 6.45) is 1.81. The fourth-order valence-electron chi connectivity index (χ4n) is 2.16. The number of nitrogens with two attached hydrogens (primary N) is 1. The molecule has 0 amide bonds. The summed E-state index contributed by atoms with van der Waals surface area (Å²) in [7, 11) is 0.